The molecule has 17 N–H and O–H groups in total. The molecule has 0 aromatic carbocycles. The van der Waals surface area contributed by atoms with Crippen LogP contribution in [0.1, 0.15) is 114 Å². The topological polar surface area (TPSA) is 361 Å². The molecule has 0 aliphatic carbocycles. The molecule has 0 saturated carbocycles. The Labute approximate surface area is 325 Å². The van der Waals surface area contributed by atoms with Crippen LogP contribution >= 0.6 is 0 Å². The van der Waals surface area contributed by atoms with Crippen molar-refractivity contribution in [1.82, 2.24) is 0 Å². The summed E-state index contributed by atoms with van der Waals surface area (Å²) in [6.45, 7) is 18.4. The molecular formula is C36H86O18. The van der Waals surface area contributed by atoms with E-state index in [1.807, 2.05) is 0 Å². The Morgan fingerprint density at radius 3 is 0.426 bits per heavy atom. The molecule has 0 aliphatic rings. The first-order chi connectivity index (χ1) is 24.8. The molecule has 18 heteroatoms. The number of carboxylic acids is 1. The second-order valence-corrected chi connectivity index (χ2v) is 12.0. The van der Waals surface area contributed by atoms with Gasteiger partial charge in [0.2, 0.25) is 0 Å². The van der Waals surface area contributed by atoms with E-state index < -0.39 is 5.97 Å². The lowest BCUT2D eigenvalue weighted by molar-refractivity contribution is -0.132. The summed E-state index contributed by atoms with van der Waals surface area (Å²) in [7, 11) is 0. The normalized spacial score (nSPS) is 13.7. The van der Waals surface area contributed by atoms with Gasteiger partial charge in [0.25, 0.3) is 0 Å². The zero-order chi connectivity index (χ0) is 45.1. The van der Waals surface area contributed by atoms with Crippen molar-refractivity contribution in [3.63, 3.8) is 0 Å². The van der Waals surface area contributed by atoms with Gasteiger partial charge in [-0.2, -0.15) is 0 Å². The van der Waals surface area contributed by atoms with E-state index >= 15 is 0 Å². The Morgan fingerprint density at radius 2 is 0.426 bits per heavy atom. The van der Waals surface area contributed by atoms with Gasteiger partial charge >= 0.3 is 5.97 Å². The third-order valence-electron chi connectivity index (χ3n) is 4.74. The van der Waals surface area contributed by atoms with Crippen LogP contribution in [0.15, 0.2) is 12.2 Å². The van der Waals surface area contributed by atoms with Gasteiger partial charge in [0.15, 0.2) is 0 Å². The number of aliphatic carboxylic acids is 1. The van der Waals surface area contributed by atoms with Crippen LogP contribution in [0, 0.1) is 0 Å². The van der Waals surface area contributed by atoms with Crippen molar-refractivity contribution >= 4 is 5.97 Å². The molecule has 0 heterocycles. The maximum absolute atomic E-state index is 9.60. The molecule has 0 saturated heterocycles. The zero-order valence-corrected chi connectivity index (χ0v) is 34.7. The molecule has 338 valence electrons. The fraction of sp³-hybridized carbons (Fsp3) is 0.917. The van der Waals surface area contributed by atoms with Crippen LogP contribution in [0.5, 0.6) is 0 Å². The van der Waals surface area contributed by atoms with E-state index in [4.69, 9.17) is 86.8 Å². The van der Waals surface area contributed by atoms with Crippen LogP contribution in [0.4, 0.5) is 0 Å². The van der Waals surface area contributed by atoms with Crippen LogP contribution in [0.25, 0.3) is 0 Å². The predicted octanol–water partition coefficient (Wildman–Crippen LogP) is -1.36. The average molecular weight is 807 g/mol. The number of aliphatic hydroxyl groups excluding tert-OH is 16. The number of aliphatic hydroxyl groups is 16. The Morgan fingerprint density at radius 1 is 0.352 bits per heavy atom. The van der Waals surface area contributed by atoms with Crippen molar-refractivity contribution in [2.45, 2.75) is 163 Å². The molecule has 18 nitrogen and oxygen atoms in total. The molecule has 0 amide bonds. The fourth-order valence-corrected chi connectivity index (χ4v) is 1.49. The molecule has 8 atom stereocenters. The summed E-state index contributed by atoms with van der Waals surface area (Å²) in [5.74, 6) is -0.935. The van der Waals surface area contributed by atoms with E-state index in [2.05, 4.69) is 6.58 Å². The smallest absolute Gasteiger partial charge is 0.330 e. The van der Waals surface area contributed by atoms with Crippen molar-refractivity contribution < 1.29 is 91.6 Å². The summed E-state index contributed by atoms with van der Waals surface area (Å²) in [5.41, 5.74) is 0.176. The maximum Gasteiger partial charge on any atom is 0.330 e. The van der Waals surface area contributed by atoms with Gasteiger partial charge in [0.05, 0.1) is 48.8 Å². The Balaban J connectivity index is -0.0000000603. The zero-order valence-electron chi connectivity index (χ0n) is 34.7. The molecule has 0 fully saturated rings. The molecule has 0 aromatic rings. The van der Waals surface area contributed by atoms with Gasteiger partial charge in [-0.05, 0) is 114 Å². The first-order valence-corrected chi connectivity index (χ1v) is 18.0. The van der Waals surface area contributed by atoms with E-state index in [9.17, 15) is 4.79 Å². The number of rotatable bonds is 17. The first-order valence-electron chi connectivity index (χ1n) is 18.0. The van der Waals surface area contributed by atoms with Gasteiger partial charge in [-0.15, -0.1) is 0 Å². The lowest BCUT2D eigenvalue weighted by atomic mass is 10.3. The molecule has 0 radical (unpaired) electrons. The van der Waals surface area contributed by atoms with E-state index in [1.165, 1.54) is 6.92 Å². The van der Waals surface area contributed by atoms with Gasteiger partial charge in [-0.25, -0.2) is 4.79 Å². The van der Waals surface area contributed by atoms with Crippen molar-refractivity contribution in [1.29, 1.82) is 0 Å². The second-order valence-electron chi connectivity index (χ2n) is 12.0. The van der Waals surface area contributed by atoms with Gasteiger partial charge in [-0.3, -0.25) is 0 Å². The minimum atomic E-state index is -0.935. The number of hydrogen-bond acceptors (Lipinski definition) is 17. The summed E-state index contributed by atoms with van der Waals surface area (Å²) in [6.07, 6.45) is 1.07. The fourth-order valence-electron chi connectivity index (χ4n) is 1.49. The minimum absolute atomic E-state index is 0.0810. The second kappa shape index (κ2) is 66.4. The highest BCUT2D eigenvalue weighted by Crippen LogP contribution is 1.87. The molecule has 0 aliphatic heterocycles. The lowest BCUT2D eigenvalue weighted by Crippen LogP contribution is -2.00. The van der Waals surface area contributed by atoms with Gasteiger partial charge in [0, 0.05) is 58.4 Å². The number of hydrogen-bond donors (Lipinski definition) is 17. The Hall–Kier alpha value is -1.43. The largest absolute Gasteiger partial charge is 0.478 e. The predicted molar refractivity (Wildman–Crippen MR) is 210 cm³/mol. The Kier molecular flexibility index (Phi) is 90.5. The third-order valence-corrected chi connectivity index (χ3v) is 4.74. The van der Waals surface area contributed by atoms with Gasteiger partial charge in [0.1, 0.15) is 0 Å². The van der Waals surface area contributed by atoms with Crippen LogP contribution in [0.2, 0.25) is 0 Å². The molecule has 0 spiro atoms. The summed E-state index contributed by atoms with van der Waals surface area (Å²) >= 11 is 0. The quantitative estimate of drug-likeness (QED) is 0.0755. The standard InChI is InChI=1S/8C4H10O2.C4H6O2/c8*1-4(6)2-3-5;1-3(2)4(5)6/h8*4-6H,2-3H2,1H3;1H2,2H3,(H,5,6). The van der Waals surface area contributed by atoms with Crippen molar-refractivity contribution in [2.75, 3.05) is 52.9 Å². The maximum atomic E-state index is 9.60. The Bertz CT molecular complexity index is 486. The molecule has 8 unspecified atom stereocenters. The monoisotopic (exact) mass is 807 g/mol. The van der Waals surface area contributed by atoms with E-state index in [0.717, 1.165) is 0 Å². The molecule has 0 bridgehead atoms. The molecular weight excluding hydrogens is 720 g/mol. The summed E-state index contributed by atoms with van der Waals surface area (Å²) < 4.78 is 0. The highest BCUT2D eigenvalue weighted by Gasteiger charge is 1.92. The summed E-state index contributed by atoms with van der Waals surface area (Å²) in [4.78, 5) is 9.60. The van der Waals surface area contributed by atoms with E-state index in [1.54, 1.807) is 55.4 Å². The summed E-state index contributed by atoms with van der Waals surface area (Å²) in [5, 5.41) is 140. The van der Waals surface area contributed by atoms with Crippen molar-refractivity contribution in [3.05, 3.63) is 12.2 Å². The number of carbonyl (C=O) groups is 1. The average Bonchev–Trinajstić information content (AvgIpc) is 2.99. The minimum Gasteiger partial charge on any atom is -0.478 e. The lowest BCUT2D eigenvalue weighted by Gasteiger charge is -1.95. The van der Waals surface area contributed by atoms with Gasteiger partial charge < -0.3 is 86.8 Å². The summed E-state index contributed by atoms with van der Waals surface area (Å²) in [6, 6.07) is 0. The molecule has 0 rings (SSSR count). The van der Waals surface area contributed by atoms with Crippen LogP contribution < -0.4 is 0 Å². The van der Waals surface area contributed by atoms with Crippen LogP contribution in [-0.2, 0) is 4.79 Å². The van der Waals surface area contributed by atoms with E-state index in [-0.39, 0.29) is 107 Å². The first kappa shape index (κ1) is 73.6. The van der Waals surface area contributed by atoms with Crippen LogP contribution in [0.3, 0.4) is 0 Å². The number of carboxylic acid groups (broad SMARTS) is 1. The molecule has 0 aromatic heterocycles. The highest BCUT2D eigenvalue weighted by atomic mass is 16.4. The molecule has 54 heavy (non-hydrogen) atoms. The third kappa shape index (κ3) is 176. The SMILES string of the molecule is C=C(C)C(=O)O.CC(O)CCO.CC(O)CCO.CC(O)CCO.CC(O)CCO.CC(O)CCO.CC(O)CCO.CC(O)CCO.CC(O)CCO. The van der Waals surface area contributed by atoms with Crippen molar-refractivity contribution in [2.24, 2.45) is 0 Å². The van der Waals surface area contributed by atoms with Crippen molar-refractivity contribution in [3.8, 4) is 0 Å². The van der Waals surface area contributed by atoms with Crippen LogP contribution in [-0.4, -0.2) is 194 Å². The van der Waals surface area contributed by atoms with E-state index in [0.29, 0.717) is 51.4 Å². The van der Waals surface area contributed by atoms with Gasteiger partial charge in [-0.1, -0.05) is 6.58 Å². The highest BCUT2D eigenvalue weighted by molar-refractivity contribution is 5.84.